The van der Waals surface area contributed by atoms with E-state index in [9.17, 15) is 13.2 Å². The van der Waals surface area contributed by atoms with E-state index in [1.807, 2.05) is 13.8 Å². The molecule has 0 saturated heterocycles. The summed E-state index contributed by atoms with van der Waals surface area (Å²) in [6.45, 7) is 14.1. The number of halogens is 3. The summed E-state index contributed by atoms with van der Waals surface area (Å²) in [6, 6.07) is 0. The van der Waals surface area contributed by atoms with E-state index in [0.717, 1.165) is 6.42 Å². The molecule has 23 heavy (non-hydrogen) atoms. The van der Waals surface area contributed by atoms with Crippen molar-refractivity contribution in [2.24, 2.45) is 29.6 Å². The van der Waals surface area contributed by atoms with Crippen LogP contribution in [-0.4, -0.2) is 18.5 Å². The maximum atomic E-state index is 14.6. The first-order chi connectivity index (χ1) is 10.6. The topological polar surface area (TPSA) is 0 Å². The molecular weight excluding hydrogens is 297 g/mol. The van der Waals surface area contributed by atoms with Gasteiger partial charge in [-0.15, -0.1) is 0 Å². The summed E-state index contributed by atoms with van der Waals surface area (Å²) in [7, 11) is 0. The molecule has 0 radical (unpaired) electrons. The van der Waals surface area contributed by atoms with Crippen molar-refractivity contribution in [1.29, 1.82) is 0 Å². The van der Waals surface area contributed by atoms with E-state index in [0.29, 0.717) is 24.2 Å². The van der Waals surface area contributed by atoms with Crippen molar-refractivity contribution in [1.82, 2.24) is 0 Å². The van der Waals surface area contributed by atoms with Gasteiger partial charge in [0.05, 0.1) is 0 Å². The van der Waals surface area contributed by atoms with Crippen LogP contribution in [0.3, 0.4) is 0 Å². The van der Waals surface area contributed by atoms with Gasteiger partial charge in [-0.3, -0.25) is 0 Å². The lowest BCUT2D eigenvalue weighted by atomic mass is 9.80. The van der Waals surface area contributed by atoms with Gasteiger partial charge in [-0.05, 0) is 48.9 Å². The number of rotatable bonds is 12. The summed E-state index contributed by atoms with van der Waals surface area (Å²) >= 11 is 0. The Morgan fingerprint density at radius 3 is 1.61 bits per heavy atom. The molecule has 0 N–H and O–H groups in total. The first kappa shape index (κ1) is 22.8. The van der Waals surface area contributed by atoms with E-state index in [2.05, 4.69) is 27.7 Å². The van der Waals surface area contributed by atoms with Crippen LogP contribution in [-0.2, 0) is 0 Å². The third-order valence-corrected chi connectivity index (χ3v) is 5.62. The molecule has 0 amide bonds. The Bertz CT molecular complexity index is 293. The van der Waals surface area contributed by atoms with Gasteiger partial charge in [-0.1, -0.05) is 61.3 Å². The molecule has 7 atom stereocenters. The van der Waals surface area contributed by atoms with Crippen LogP contribution in [0.1, 0.15) is 80.6 Å². The molecule has 0 heterocycles. The highest BCUT2D eigenvalue weighted by molar-refractivity contribution is 4.78. The van der Waals surface area contributed by atoms with Crippen LogP contribution in [0.25, 0.3) is 0 Å². The Hall–Kier alpha value is -0.210. The Kier molecular flexibility index (Phi) is 11.3. The van der Waals surface area contributed by atoms with Crippen molar-refractivity contribution >= 4 is 0 Å². The van der Waals surface area contributed by atoms with Gasteiger partial charge in [0.15, 0.2) is 0 Å². The SMILES string of the molecule is CCC(F)C(F)CC(C)C(C)C(F)CC(C)C(C)CCC(C)C. The van der Waals surface area contributed by atoms with Gasteiger partial charge in [0.2, 0.25) is 0 Å². The van der Waals surface area contributed by atoms with E-state index >= 15 is 0 Å². The summed E-state index contributed by atoms with van der Waals surface area (Å²) < 4.78 is 41.7. The van der Waals surface area contributed by atoms with Crippen molar-refractivity contribution in [3.05, 3.63) is 0 Å². The largest absolute Gasteiger partial charge is 0.247 e. The number of hydrogen-bond acceptors (Lipinski definition) is 0. The summed E-state index contributed by atoms with van der Waals surface area (Å²) in [6.07, 6.45) is -0.693. The third kappa shape index (κ3) is 9.00. The van der Waals surface area contributed by atoms with Crippen molar-refractivity contribution in [2.45, 2.75) is 99.1 Å². The van der Waals surface area contributed by atoms with Crippen LogP contribution < -0.4 is 0 Å². The van der Waals surface area contributed by atoms with Crippen molar-refractivity contribution in [2.75, 3.05) is 0 Å². The van der Waals surface area contributed by atoms with Gasteiger partial charge in [-0.2, -0.15) is 0 Å². The summed E-state index contributed by atoms with van der Waals surface area (Å²) in [5.74, 6) is 1.14. The molecule has 0 aromatic heterocycles. The Morgan fingerprint density at radius 1 is 0.609 bits per heavy atom. The molecular formula is C20H39F3. The molecule has 0 aromatic carbocycles. The zero-order chi connectivity index (χ0) is 18.2. The highest BCUT2D eigenvalue weighted by Gasteiger charge is 2.29. The molecule has 0 rings (SSSR count). The van der Waals surface area contributed by atoms with Crippen LogP contribution >= 0.6 is 0 Å². The van der Waals surface area contributed by atoms with E-state index in [4.69, 9.17) is 0 Å². The number of alkyl halides is 3. The van der Waals surface area contributed by atoms with Crippen LogP contribution in [0.2, 0.25) is 0 Å². The molecule has 0 nitrogen and oxygen atoms in total. The normalized spacial score (nSPS) is 21.5. The average Bonchev–Trinajstić information content (AvgIpc) is 2.50. The molecule has 0 bridgehead atoms. The molecule has 0 saturated carbocycles. The molecule has 3 heteroatoms. The summed E-state index contributed by atoms with van der Waals surface area (Å²) in [5, 5.41) is 0. The second kappa shape index (κ2) is 11.4. The fourth-order valence-electron chi connectivity index (χ4n) is 3.01. The van der Waals surface area contributed by atoms with E-state index < -0.39 is 18.5 Å². The molecule has 0 aliphatic heterocycles. The maximum absolute atomic E-state index is 14.6. The molecule has 7 unspecified atom stereocenters. The van der Waals surface area contributed by atoms with Gasteiger partial charge >= 0.3 is 0 Å². The lowest BCUT2D eigenvalue weighted by molar-refractivity contribution is 0.0927. The Morgan fingerprint density at radius 2 is 1.13 bits per heavy atom. The van der Waals surface area contributed by atoms with E-state index in [1.54, 1.807) is 6.92 Å². The number of hydrogen-bond donors (Lipinski definition) is 0. The van der Waals surface area contributed by atoms with Gasteiger partial charge in [0.1, 0.15) is 18.5 Å². The average molecular weight is 337 g/mol. The zero-order valence-corrected chi connectivity index (χ0v) is 16.3. The van der Waals surface area contributed by atoms with Gasteiger partial charge in [0.25, 0.3) is 0 Å². The minimum Gasteiger partial charge on any atom is -0.247 e. The second-order valence-electron chi connectivity index (χ2n) is 8.19. The predicted octanol–water partition coefficient (Wildman–Crippen LogP) is 7.17. The third-order valence-electron chi connectivity index (χ3n) is 5.62. The summed E-state index contributed by atoms with van der Waals surface area (Å²) in [5.41, 5.74) is 0. The first-order valence-electron chi connectivity index (χ1n) is 9.52. The fraction of sp³-hybridized carbons (Fsp3) is 1.00. The minimum atomic E-state index is -1.47. The smallest absolute Gasteiger partial charge is 0.131 e. The Balaban J connectivity index is 4.33. The molecule has 0 aliphatic carbocycles. The van der Waals surface area contributed by atoms with Crippen molar-refractivity contribution in [3.63, 3.8) is 0 Å². The van der Waals surface area contributed by atoms with Crippen molar-refractivity contribution < 1.29 is 13.2 Å². The highest BCUT2D eigenvalue weighted by atomic mass is 19.2. The maximum Gasteiger partial charge on any atom is 0.131 e. The van der Waals surface area contributed by atoms with Crippen LogP contribution in [0.4, 0.5) is 13.2 Å². The lowest BCUT2D eigenvalue weighted by Crippen LogP contribution is -2.28. The quantitative estimate of drug-likeness (QED) is 0.354. The molecule has 0 aliphatic rings. The first-order valence-corrected chi connectivity index (χ1v) is 9.52. The van der Waals surface area contributed by atoms with Gasteiger partial charge < -0.3 is 0 Å². The monoisotopic (exact) mass is 336 g/mol. The molecule has 0 spiro atoms. The lowest BCUT2D eigenvalue weighted by Gasteiger charge is -2.29. The van der Waals surface area contributed by atoms with Crippen LogP contribution in [0.15, 0.2) is 0 Å². The summed E-state index contributed by atoms with van der Waals surface area (Å²) in [4.78, 5) is 0. The fourth-order valence-corrected chi connectivity index (χ4v) is 3.01. The predicted molar refractivity (Wildman–Crippen MR) is 94.9 cm³/mol. The molecule has 0 fully saturated rings. The highest BCUT2D eigenvalue weighted by Crippen LogP contribution is 2.31. The Labute approximate surface area is 142 Å². The van der Waals surface area contributed by atoms with Gasteiger partial charge in [0, 0.05) is 0 Å². The second-order valence-corrected chi connectivity index (χ2v) is 8.19. The standard InChI is InChI=1S/C20H39F3/c1-8-18(21)20(23)12-16(6)17(7)19(22)11-15(5)14(4)10-9-13(2)3/h13-20H,8-12H2,1-7H3. The van der Waals surface area contributed by atoms with Crippen LogP contribution in [0.5, 0.6) is 0 Å². The van der Waals surface area contributed by atoms with E-state index in [1.165, 1.54) is 6.42 Å². The molecule has 140 valence electrons. The minimum absolute atomic E-state index is 0.119. The van der Waals surface area contributed by atoms with Gasteiger partial charge in [-0.25, -0.2) is 13.2 Å². The van der Waals surface area contributed by atoms with Crippen molar-refractivity contribution in [3.8, 4) is 0 Å². The van der Waals surface area contributed by atoms with Crippen LogP contribution in [0, 0.1) is 29.6 Å². The van der Waals surface area contributed by atoms with E-state index in [-0.39, 0.29) is 24.7 Å². The zero-order valence-electron chi connectivity index (χ0n) is 16.3. The molecule has 0 aromatic rings.